The first-order chi connectivity index (χ1) is 11.7. The van der Waals surface area contributed by atoms with Gasteiger partial charge in [0.2, 0.25) is 5.91 Å². The fourth-order valence-corrected chi connectivity index (χ4v) is 6.34. The van der Waals surface area contributed by atoms with Crippen LogP contribution in [0.1, 0.15) is 34.6 Å². The van der Waals surface area contributed by atoms with Crippen molar-refractivity contribution in [2.45, 2.75) is 64.9 Å². The highest BCUT2D eigenvalue weighted by atomic mass is 28.4. The quantitative estimate of drug-likeness (QED) is 0.150. The first kappa shape index (κ1) is 21.2. The lowest BCUT2D eigenvalue weighted by Gasteiger charge is -2.45. The highest BCUT2D eigenvalue weighted by Gasteiger charge is 2.51. The standard InChI is InChI=1S/C16H27N3O5Si/c1-6-25(7-2,8-3)24-10(5)11-12(18-15(11)21)9(4)14(20)13(19-17)16(22)23/h9-12H,6-8H2,1-5H3,(H,18,21)(H,22,23)/t9?,10-,11-,12-/m1/s1. The van der Waals surface area contributed by atoms with E-state index in [1.807, 2.05) is 6.92 Å². The van der Waals surface area contributed by atoms with E-state index in [0.29, 0.717) is 0 Å². The van der Waals surface area contributed by atoms with Crippen molar-refractivity contribution in [3.63, 3.8) is 0 Å². The van der Waals surface area contributed by atoms with Crippen molar-refractivity contribution < 1.29 is 28.7 Å². The largest absolute Gasteiger partial charge is 0.472 e. The molecule has 1 rings (SSSR count). The van der Waals surface area contributed by atoms with Gasteiger partial charge in [0.15, 0.2) is 8.32 Å². The van der Waals surface area contributed by atoms with Gasteiger partial charge in [-0.3, -0.25) is 9.59 Å². The second kappa shape index (κ2) is 8.51. The summed E-state index contributed by atoms with van der Waals surface area (Å²) in [4.78, 5) is 37.8. The Labute approximate surface area is 148 Å². The van der Waals surface area contributed by atoms with Crippen LogP contribution in [0.15, 0.2) is 0 Å². The summed E-state index contributed by atoms with van der Waals surface area (Å²) >= 11 is 0. The number of nitrogens with one attached hydrogen (secondary N) is 1. The monoisotopic (exact) mass is 369 g/mol. The molecule has 0 spiro atoms. The van der Waals surface area contributed by atoms with Gasteiger partial charge in [-0.2, -0.15) is 4.79 Å². The molecular weight excluding hydrogens is 342 g/mol. The van der Waals surface area contributed by atoms with Gasteiger partial charge in [0.25, 0.3) is 5.78 Å². The van der Waals surface area contributed by atoms with Gasteiger partial charge < -0.3 is 20.4 Å². The Kier molecular flexibility index (Phi) is 7.22. The lowest BCUT2D eigenvalue weighted by Crippen LogP contribution is -2.67. The van der Waals surface area contributed by atoms with Crippen LogP contribution in [0.5, 0.6) is 0 Å². The summed E-state index contributed by atoms with van der Waals surface area (Å²) in [6.07, 6.45) is -0.361. The third kappa shape index (κ3) is 4.23. The van der Waals surface area contributed by atoms with Crippen molar-refractivity contribution in [3.05, 3.63) is 5.53 Å². The molecule has 0 aromatic heterocycles. The molecule has 8 nitrogen and oxygen atoms in total. The first-order valence-corrected chi connectivity index (χ1v) is 11.2. The molecule has 1 fully saturated rings. The number of carboxylic acids is 1. The maximum Gasteiger partial charge on any atom is 0.441 e. The molecule has 1 saturated heterocycles. The van der Waals surface area contributed by atoms with E-state index in [2.05, 4.69) is 30.9 Å². The molecule has 25 heavy (non-hydrogen) atoms. The number of amides is 1. The van der Waals surface area contributed by atoms with Crippen LogP contribution in [0.2, 0.25) is 18.1 Å². The molecular formula is C16H27N3O5Si. The first-order valence-electron chi connectivity index (χ1n) is 8.65. The summed E-state index contributed by atoms with van der Waals surface area (Å²) in [5.41, 5.74) is 7.81. The topological polar surface area (TPSA) is 129 Å². The lowest BCUT2D eigenvalue weighted by atomic mass is 9.76. The van der Waals surface area contributed by atoms with Crippen LogP contribution in [0, 0.1) is 11.8 Å². The Bertz CT molecular complexity index is 590. The minimum Gasteiger partial charge on any atom is -0.472 e. The van der Waals surface area contributed by atoms with Crippen molar-refractivity contribution in [3.8, 4) is 0 Å². The molecule has 1 aliphatic heterocycles. The SMILES string of the molecule is CC[Si](CC)(CC)O[C@H](C)[C@H]1C(=O)N[C@@H]1C(C)C(=O)C(=[N+]=[N-])C(=O)O. The number of aliphatic carboxylic acids is 1. The fourth-order valence-electron chi connectivity index (χ4n) is 3.40. The van der Waals surface area contributed by atoms with Crippen LogP contribution in [0.4, 0.5) is 0 Å². The van der Waals surface area contributed by atoms with E-state index in [1.54, 1.807) is 0 Å². The molecule has 0 aromatic rings. The van der Waals surface area contributed by atoms with E-state index in [9.17, 15) is 14.4 Å². The van der Waals surface area contributed by atoms with Gasteiger partial charge in [-0.1, -0.05) is 27.7 Å². The predicted molar refractivity (Wildman–Crippen MR) is 93.6 cm³/mol. The van der Waals surface area contributed by atoms with E-state index in [4.69, 9.17) is 15.1 Å². The van der Waals surface area contributed by atoms with Gasteiger partial charge in [0.1, 0.15) is 0 Å². The van der Waals surface area contributed by atoms with Crippen LogP contribution in [-0.4, -0.2) is 53.7 Å². The average Bonchev–Trinajstić information content (AvgIpc) is 2.57. The molecule has 1 unspecified atom stereocenters. The molecule has 4 atom stereocenters. The van der Waals surface area contributed by atoms with Crippen LogP contribution >= 0.6 is 0 Å². The number of ketones is 1. The lowest BCUT2D eigenvalue weighted by molar-refractivity contribution is -0.144. The van der Waals surface area contributed by atoms with Crippen molar-refractivity contribution in [2.24, 2.45) is 11.8 Å². The van der Waals surface area contributed by atoms with Crippen LogP contribution in [0.3, 0.4) is 0 Å². The van der Waals surface area contributed by atoms with E-state index in [1.165, 1.54) is 6.92 Å². The zero-order valence-electron chi connectivity index (χ0n) is 15.4. The van der Waals surface area contributed by atoms with E-state index in [-0.39, 0.29) is 12.0 Å². The van der Waals surface area contributed by atoms with Gasteiger partial charge in [-0.15, -0.1) is 0 Å². The number of carbonyl (C=O) groups is 3. The number of carbonyl (C=O) groups excluding carboxylic acids is 2. The Morgan fingerprint density at radius 3 is 2.16 bits per heavy atom. The summed E-state index contributed by atoms with van der Waals surface area (Å²) in [5.74, 6) is -3.97. The normalized spacial score (nSPS) is 22.2. The Balaban J connectivity index is 2.94. The zero-order chi connectivity index (χ0) is 19.4. The van der Waals surface area contributed by atoms with Crippen molar-refractivity contribution in [2.75, 3.05) is 0 Å². The zero-order valence-corrected chi connectivity index (χ0v) is 16.4. The maximum atomic E-state index is 12.2. The van der Waals surface area contributed by atoms with E-state index in [0.717, 1.165) is 18.1 Å². The highest BCUT2D eigenvalue weighted by Crippen LogP contribution is 2.32. The van der Waals surface area contributed by atoms with Crippen molar-refractivity contribution >= 4 is 31.7 Å². The van der Waals surface area contributed by atoms with Crippen molar-refractivity contribution in [1.29, 1.82) is 0 Å². The highest BCUT2D eigenvalue weighted by molar-refractivity contribution is 6.73. The smallest absolute Gasteiger partial charge is 0.441 e. The van der Waals surface area contributed by atoms with Gasteiger partial charge in [0.05, 0.1) is 18.1 Å². The molecule has 1 amide bonds. The summed E-state index contributed by atoms with van der Waals surface area (Å²) in [7, 11) is -1.92. The minimum absolute atomic E-state index is 0.207. The number of Topliss-reactive ketones (excluding diaryl/α,β-unsaturated/α-hetero) is 1. The average molecular weight is 369 g/mol. The minimum atomic E-state index is -1.92. The molecule has 1 heterocycles. The third-order valence-electron chi connectivity index (χ3n) is 5.36. The third-order valence-corrected chi connectivity index (χ3v) is 10.1. The van der Waals surface area contributed by atoms with Crippen LogP contribution in [-0.2, 0) is 18.8 Å². The number of rotatable bonds is 10. The summed E-state index contributed by atoms with van der Waals surface area (Å²) in [6, 6.07) is 2.29. The van der Waals surface area contributed by atoms with Crippen LogP contribution < -0.4 is 5.32 Å². The molecule has 1 aliphatic rings. The van der Waals surface area contributed by atoms with E-state index < -0.39 is 43.7 Å². The summed E-state index contributed by atoms with van der Waals surface area (Å²) in [5, 5.41) is 11.6. The maximum absolute atomic E-state index is 12.2. The van der Waals surface area contributed by atoms with Gasteiger partial charge in [-0.05, 0) is 25.1 Å². The Hall–Kier alpha value is -1.83. The van der Waals surface area contributed by atoms with Crippen LogP contribution in [0.25, 0.3) is 5.53 Å². The molecule has 0 bridgehead atoms. The van der Waals surface area contributed by atoms with Gasteiger partial charge >= 0.3 is 11.7 Å². The Morgan fingerprint density at radius 2 is 1.80 bits per heavy atom. The molecule has 0 saturated carbocycles. The summed E-state index contributed by atoms with van der Waals surface area (Å²) in [6.45, 7) is 9.62. The van der Waals surface area contributed by atoms with E-state index >= 15 is 0 Å². The second-order valence-electron chi connectivity index (χ2n) is 6.53. The second-order valence-corrected chi connectivity index (χ2v) is 11.3. The fraction of sp³-hybridized carbons (Fsp3) is 0.750. The number of nitrogens with zero attached hydrogens (tertiary/aromatic N) is 2. The molecule has 9 heteroatoms. The molecule has 0 radical (unpaired) electrons. The molecule has 0 aliphatic carbocycles. The molecule has 140 valence electrons. The number of hydrogen-bond donors (Lipinski definition) is 2. The van der Waals surface area contributed by atoms with Gasteiger partial charge in [-0.25, -0.2) is 4.79 Å². The molecule has 0 aromatic carbocycles. The number of hydrogen-bond acceptors (Lipinski definition) is 4. The van der Waals surface area contributed by atoms with Gasteiger partial charge in [0, 0.05) is 5.92 Å². The predicted octanol–water partition coefficient (Wildman–Crippen LogP) is 1.47. The van der Waals surface area contributed by atoms with Crippen molar-refractivity contribution in [1.82, 2.24) is 5.32 Å². The number of carboxylic acid groups (broad SMARTS) is 1. The Morgan fingerprint density at radius 1 is 1.28 bits per heavy atom. The number of β-lactam (4-membered cyclic amide) rings is 1. The molecule has 2 N–H and O–H groups in total. The summed E-state index contributed by atoms with van der Waals surface area (Å²) < 4.78 is 6.33.